The number of hydrogen-bond donors (Lipinski definition) is 2. The molecule has 6 heteroatoms. The Hall–Kier alpha value is -2.63. The van der Waals surface area contributed by atoms with Crippen molar-refractivity contribution in [3.8, 4) is 0 Å². The monoisotopic (exact) mass is 332 g/mol. The van der Waals surface area contributed by atoms with Crippen LogP contribution in [0.25, 0.3) is 6.08 Å². The summed E-state index contributed by atoms with van der Waals surface area (Å²) in [7, 11) is 3.47. The van der Waals surface area contributed by atoms with Gasteiger partial charge in [-0.05, 0) is 37.5 Å². The minimum Gasteiger partial charge on any atom is -0.480 e. The van der Waals surface area contributed by atoms with Gasteiger partial charge in [-0.3, -0.25) is 14.4 Å². The van der Waals surface area contributed by atoms with E-state index < -0.39 is 17.9 Å². The number of carboxylic acid groups (broad SMARTS) is 1. The number of carbonyl (C=O) groups excluding carboxylic acids is 2. The van der Waals surface area contributed by atoms with E-state index in [4.69, 9.17) is 5.11 Å². The van der Waals surface area contributed by atoms with E-state index in [1.54, 1.807) is 37.2 Å². The van der Waals surface area contributed by atoms with Gasteiger partial charge in [-0.15, -0.1) is 0 Å². The zero-order valence-electron chi connectivity index (χ0n) is 14.3. The first-order valence-electron chi connectivity index (χ1n) is 7.81. The second-order valence-corrected chi connectivity index (χ2v) is 5.74. The standard InChI is InChI=1S/C18H24N2O4/c1-13(18(23)24)19-17(22)15-10-7-9-14(12-15)8-5-4-6-11-16(21)20(2)3/h5,7-10,12-13H,4,6,11H2,1-3H3,(H,19,22)(H,23,24)/b8-5-/t13-/m1/s1. The summed E-state index contributed by atoms with van der Waals surface area (Å²) in [5.41, 5.74) is 1.26. The molecule has 0 unspecified atom stereocenters. The summed E-state index contributed by atoms with van der Waals surface area (Å²) in [6.45, 7) is 1.42. The maximum Gasteiger partial charge on any atom is 0.325 e. The molecule has 0 saturated heterocycles. The maximum absolute atomic E-state index is 12.0. The molecule has 0 saturated carbocycles. The first-order chi connectivity index (χ1) is 11.3. The van der Waals surface area contributed by atoms with Crippen LogP contribution in [0.1, 0.15) is 42.1 Å². The second-order valence-electron chi connectivity index (χ2n) is 5.74. The Balaban J connectivity index is 2.56. The van der Waals surface area contributed by atoms with Crippen LogP contribution in [-0.2, 0) is 9.59 Å². The van der Waals surface area contributed by atoms with Crippen molar-refractivity contribution in [2.24, 2.45) is 0 Å². The summed E-state index contributed by atoms with van der Waals surface area (Å²) >= 11 is 0. The van der Waals surface area contributed by atoms with Gasteiger partial charge in [-0.25, -0.2) is 0 Å². The molecule has 0 fully saturated rings. The summed E-state index contributed by atoms with van der Waals surface area (Å²) in [6.07, 6.45) is 5.89. The lowest BCUT2D eigenvalue weighted by molar-refractivity contribution is -0.138. The summed E-state index contributed by atoms with van der Waals surface area (Å²) in [6, 6.07) is 6.00. The molecular formula is C18H24N2O4. The summed E-state index contributed by atoms with van der Waals surface area (Å²) < 4.78 is 0. The van der Waals surface area contributed by atoms with Crippen molar-refractivity contribution in [3.63, 3.8) is 0 Å². The van der Waals surface area contributed by atoms with E-state index in [2.05, 4.69) is 5.32 Å². The molecule has 6 nitrogen and oxygen atoms in total. The number of rotatable bonds is 8. The van der Waals surface area contributed by atoms with E-state index in [-0.39, 0.29) is 5.91 Å². The van der Waals surface area contributed by atoms with Gasteiger partial charge in [-0.2, -0.15) is 0 Å². The molecule has 1 aromatic carbocycles. The molecule has 24 heavy (non-hydrogen) atoms. The molecule has 1 rings (SSSR count). The van der Waals surface area contributed by atoms with E-state index in [0.717, 1.165) is 18.4 Å². The third-order valence-electron chi connectivity index (χ3n) is 3.44. The minimum atomic E-state index is -1.08. The highest BCUT2D eigenvalue weighted by Crippen LogP contribution is 2.09. The normalized spacial score (nSPS) is 12.0. The number of allylic oxidation sites excluding steroid dienone is 1. The Morgan fingerprint density at radius 1 is 1.29 bits per heavy atom. The number of benzene rings is 1. The van der Waals surface area contributed by atoms with Gasteiger partial charge in [0.05, 0.1) is 0 Å². The Morgan fingerprint density at radius 3 is 2.62 bits per heavy atom. The summed E-state index contributed by atoms with van der Waals surface area (Å²) in [5, 5.41) is 11.2. The van der Waals surface area contributed by atoms with E-state index >= 15 is 0 Å². The number of nitrogens with zero attached hydrogens (tertiary/aromatic N) is 1. The number of nitrogens with one attached hydrogen (secondary N) is 1. The van der Waals surface area contributed by atoms with Crippen LogP contribution < -0.4 is 5.32 Å². The van der Waals surface area contributed by atoms with Gasteiger partial charge >= 0.3 is 5.97 Å². The molecule has 0 bridgehead atoms. The number of aliphatic carboxylic acids is 1. The Bertz CT molecular complexity index is 623. The average Bonchev–Trinajstić information content (AvgIpc) is 2.54. The number of amides is 2. The van der Waals surface area contributed by atoms with Gasteiger partial charge in [0, 0.05) is 26.1 Å². The molecule has 0 spiro atoms. The van der Waals surface area contributed by atoms with E-state index in [1.165, 1.54) is 6.92 Å². The number of hydrogen-bond acceptors (Lipinski definition) is 3. The highest BCUT2D eigenvalue weighted by molar-refractivity contribution is 5.96. The van der Waals surface area contributed by atoms with Crippen molar-refractivity contribution < 1.29 is 19.5 Å². The molecule has 0 radical (unpaired) electrons. The van der Waals surface area contributed by atoms with Gasteiger partial charge in [0.1, 0.15) is 6.04 Å². The topological polar surface area (TPSA) is 86.7 Å². The number of carbonyl (C=O) groups is 3. The summed E-state index contributed by atoms with van der Waals surface area (Å²) in [5.74, 6) is -1.39. The molecular weight excluding hydrogens is 308 g/mol. The first-order valence-corrected chi connectivity index (χ1v) is 7.81. The van der Waals surface area contributed by atoms with Crippen LogP contribution in [0, 0.1) is 0 Å². The van der Waals surface area contributed by atoms with Crippen molar-refractivity contribution in [2.45, 2.75) is 32.2 Å². The van der Waals surface area contributed by atoms with Gasteiger partial charge in [0.25, 0.3) is 5.91 Å². The van der Waals surface area contributed by atoms with Crippen molar-refractivity contribution in [1.82, 2.24) is 10.2 Å². The lowest BCUT2D eigenvalue weighted by atomic mass is 10.1. The number of unbranched alkanes of at least 4 members (excludes halogenated alkanes) is 1. The molecule has 2 N–H and O–H groups in total. The molecule has 1 aromatic rings. The van der Waals surface area contributed by atoms with Gasteiger partial charge < -0.3 is 15.3 Å². The largest absolute Gasteiger partial charge is 0.480 e. The highest BCUT2D eigenvalue weighted by atomic mass is 16.4. The molecule has 130 valence electrons. The third-order valence-corrected chi connectivity index (χ3v) is 3.44. The lowest BCUT2D eigenvalue weighted by Crippen LogP contribution is -2.38. The predicted molar refractivity (Wildman–Crippen MR) is 92.6 cm³/mol. The van der Waals surface area contributed by atoms with Crippen molar-refractivity contribution in [1.29, 1.82) is 0 Å². The van der Waals surface area contributed by atoms with Crippen LogP contribution in [0.3, 0.4) is 0 Å². The Kier molecular flexibility index (Phi) is 7.68. The predicted octanol–water partition coefficient (Wildman–Crippen LogP) is 2.16. The van der Waals surface area contributed by atoms with Crippen LogP contribution in [0.15, 0.2) is 30.3 Å². The lowest BCUT2D eigenvalue weighted by Gasteiger charge is -2.09. The maximum atomic E-state index is 12.0. The first kappa shape index (κ1) is 19.4. The van der Waals surface area contributed by atoms with E-state index in [1.807, 2.05) is 18.2 Å². The molecule has 0 heterocycles. The van der Waals surface area contributed by atoms with Gasteiger partial charge in [-0.1, -0.05) is 24.3 Å². The third kappa shape index (κ3) is 6.64. The van der Waals surface area contributed by atoms with Crippen LogP contribution in [0.4, 0.5) is 0 Å². The van der Waals surface area contributed by atoms with Crippen molar-refractivity contribution in [2.75, 3.05) is 14.1 Å². The zero-order valence-corrected chi connectivity index (χ0v) is 14.3. The fourth-order valence-electron chi connectivity index (χ4n) is 1.94. The molecule has 1 atom stereocenters. The molecule has 0 aliphatic carbocycles. The molecule has 0 aromatic heterocycles. The fourth-order valence-corrected chi connectivity index (χ4v) is 1.94. The summed E-state index contributed by atoms with van der Waals surface area (Å²) in [4.78, 5) is 35.8. The SMILES string of the molecule is C[C@@H](NC(=O)c1cccc(/C=C\CCCC(=O)N(C)C)c1)C(=O)O. The highest BCUT2D eigenvalue weighted by Gasteiger charge is 2.15. The smallest absolute Gasteiger partial charge is 0.325 e. The van der Waals surface area contributed by atoms with Gasteiger partial charge in [0.2, 0.25) is 5.91 Å². The fraction of sp³-hybridized carbons (Fsp3) is 0.389. The quantitative estimate of drug-likeness (QED) is 0.714. The van der Waals surface area contributed by atoms with Crippen molar-refractivity contribution in [3.05, 3.63) is 41.5 Å². The van der Waals surface area contributed by atoms with Crippen molar-refractivity contribution >= 4 is 23.9 Å². The van der Waals surface area contributed by atoms with E-state index in [9.17, 15) is 14.4 Å². The molecule has 2 amide bonds. The zero-order chi connectivity index (χ0) is 18.1. The van der Waals surface area contributed by atoms with Crippen LogP contribution in [-0.4, -0.2) is 47.9 Å². The van der Waals surface area contributed by atoms with Crippen LogP contribution in [0.2, 0.25) is 0 Å². The second kappa shape index (κ2) is 9.50. The van der Waals surface area contributed by atoms with Crippen LogP contribution >= 0.6 is 0 Å². The minimum absolute atomic E-state index is 0.106. The van der Waals surface area contributed by atoms with Gasteiger partial charge in [0.15, 0.2) is 0 Å². The Morgan fingerprint density at radius 2 is 2.00 bits per heavy atom. The molecule has 0 aliphatic heterocycles. The van der Waals surface area contributed by atoms with Crippen LogP contribution in [0.5, 0.6) is 0 Å². The average molecular weight is 332 g/mol. The Labute approximate surface area is 142 Å². The van der Waals surface area contributed by atoms with E-state index in [0.29, 0.717) is 12.0 Å². The molecule has 0 aliphatic rings. The number of carboxylic acids is 1.